The van der Waals surface area contributed by atoms with Crippen molar-refractivity contribution in [1.82, 2.24) is 0 Å². The summed E-state index contributed by atoms with van der Waals surface area (Å²) in [7, 11) is 0. The zero-order valence-electron chi connectivity index (χ0n) is 11.7. The Balaban J connectivity index is 1.89. The Labute approximate surface area is 129 Å². The highest BCUT2D eigenvalue weighted by Crippen LogP contribution is 2.32. The van der Waals surface area contributed by atoms with Gasteiger partial charge < -0.3 is 9.84 Å². The van der Waals surface area contributed by atoms with Crippen molar-refractivity contribution in [3.63, 3.8) is 0 Å². The van der Waals surface area contributed by atoms with E-state index in [2.05, 4.69) is 0 Å². The molecule has 1 aliphatic heterocycles. The fraction of sp³-hybridized carbons (Fsp3) is 0.118. The van der Waals surface area contributed by atoms with Crippen LogP contribution in [0.1, 0.15) is 21.5 Å². The standard InChI is InChI=1S/C17H11F3O3/c18-17(19,20)12-3-1-10(2-4-12)7-11-9-23-15-8-13(21)5-6-14(15)16(11)22/h1-8,21H,9H2/b11-7+. The van der Waals surface area contributed by atoms with Crippen molar-refractivity contribution in [1.29, 1.82) is 0 Å². The summed E-state index contributed by atoms with van der Waals surface area (Å²) in [5.74, 6) is 0.0115. The van der Waals surface area contributed by atoms with Gasteiger partial charge in [-0.2, -0.15) is 13.2 Å². The van der Waals surface area contributed by atoms with Gasteiger partial charge in [-0.3, -0.25) is 4.79 Å². The van der Waals surface area contributed by atoms with Gasteiger partial charge in [0.15, 0.2) is 5.78 Å². The zero-order valence-corrected chi connectivity index (χ0v) is 11.7. The van der Waals surface area contributed by atoms with Gasteiger partial charge in [0.05, 0.1) is 11.1 Å². The first-order chi connectivity index (χ1) is 10.8. The van der Waals surface area contributed by atoms with E-state index >= 15 is 0 Å². The van der Waals surface area contributed by atoms with Crippen LogP contribution in [0.5, 0.6) is 11.5 Å². The molecule has 118 valence electrons. The summed E-state index contributed by atoms with van der Waals surface area (Å²) >= 11 is 0. The van der Waals surface area contributed by atoms with Gasteiger partial charge >= 0.3 is 6.18 Å². The van der Waals surface area contributed by atoms with Crippen LogP contribution in [0.25, 0.3) is 6.08 Å². The molecule has 0 radical (unpaired) electrons. The lowest BCUT2D eigenvalue weighted by molar-refractivity contribution is -0.137. The first-order valence-electron chi connectivity index (χ1n) is 6.73. The molecule has 0 unspecified atom stereocenters. The Bertz CT molecular complexity index is 790. The molecule has 23 heavy (non-hydrogen) atoms. The molecule has 0 atom stereocenters. The van der Waals surface area contributed by atoms with Crippen LogP contribution in [0.4, 0.5) is 13.2 Å². The lowest BCUT2D eigenvalue weighted by atomic mass is 9.98. The SMILES string of the molecule is O=C1/C(=C/c2ccc(C(F)(F)F)cc2)COc2cc(O)ccc21. The minimum atomic E-state index is -4.39. The van der Waals surface area contributed by atoms with Crippen LogP contribution in [0.15, 0.2) is 48.0 Å². The van der Waals surface area contributed by atoms with Crippen LogP contribution in [-0.2, 0) is 6.18 Å². The smallest absolute Gasteiger partial charge is 0.416 e. The van der Waals surface area contributed by atoms with Gasteiger partial charge in [0.2, 0.25) is 0 Å². The third-order valence-corrected chi connectivity index (χ3v) is 3.46. The molecular weight excluding hydrogens is 309 g/mol. The summed E-state index contributed by atoms with van der Waals surface area (Å²) in [6.07, 6.45) is -2.89. The lowest BCUT2D eigenvalue weighted by Crippen LogP contribution is -2.18. The molecule has 3 rings (SSSR count). The molecule has 1 aliphatic rings. The maximum Gasteiger partial charge on any atom is 0.416 e. The first-order valence-corrected chi connectivity index (χ1v) is 6.73. The second kappa shape index (κ2) is 5.46. The summed E-state index contributed by atoms with van der Waals surface area (Å²) in [5, 5.41) is 9.37. The fourth-order valence-corrected chi connectivity index (χ4v) is 2.29. The number of carbonyl (C=O) groups excluding carboxylic acids is 1. The van der Waals surface area contributed by atoms with Crippen LogP contribution in [0, 0.1) is 0 Å². The first kappa shape index (κ1) is 15.1. The minimum Gasteiger partial charge on any atom is -0.508 e. The molecule has 0 amide bonds. The van der Waals surface area contributed by atoms with Gasteiger partial charge in [-0.1, -0.05) is 12.1 Å². The number of ketones is 1. The Morgan fingerprint density at radius 3 is 2.43 bits per heavy atom. The van der Waals surface area contributed by atoms with Gasteiger partial charge in [-0.25, -0.2) is 0 Å². The second-order valence-electron chi connectivity index (χ2n) is 5.09. The number of aromatic hydroxyl groups is 1. The van der Waals surface area contributed by atoms with Crippen molar-refractivity contribution in [3.05, 3.63) is 64.7 Å². The van der Waals surface area contributed by atoms with E-state index in [-0.39, 0.29) is 18.1 Å². The number of hydrogen-bond donors (Lipinski definition) is 1. The van der Waals surface area contributed by atoms with Crippen molar-refractivity contribution >= 4 is 11.9 Å². The number of fused-ring (bicyclic) bond motifs is 1. The largest absolute Gasteiger partial charge is 0.508 e. The van der Waals surface area contributed by atoms with Gasteiger partial charge in [-0.05, 0) is 35.9 Å². The number of hydrogen-bond acceptors (Lipinski definition) is 3. The minimum absolute atomic E-state index is 0.00366. The summed E-state index contributed by atoms with van der Waals surface area (Å²) in [6.45, 7) is -0.00366. The van der Waals surface area contributed by atoms with E-state index in [4.69, 9.17) is 4.74 Å². The highest BCUT2D eigenvalue weighted by molar-refractivity contribution is 6.14. The van der Waals surface area contributed by atoms with Crippen molar-refractivity contribution in [3.8, 4) is 11.5 Å². The highest BCUT2D eigenvalue weighted by Gasteiger charge is 2.30. The molecular formula is C17H11F3O3. The fourth-order valence-electron chi connectivity index (χ4n) is 2.29. The van der Waals surface area contributed by atoms with Crippen LogP contribution >= 0.6 is 0 Å². The molecule has 3 nitrogen and oxygen atoms in total. The van der Waals surface area contributed by atoms with E-state index < -0.39 is 11.7 Å². The number of rotatable bonds is 1. The Morgan fingerprint density at radius 2 is 1.78 bits per heavy atom. The van der Waals surface area contributed by atoms with E-state index in [0.29, 0.717) is 22.4 Å². The topological polar surface area (TPSA) is 46.5 Å². The van der Waals surface area contributed by atoms with Crippen molar-refractivity contribution in [2.45, 2.75) is 6.18 Å². The number of benzene rings is 2. The van der Waals surface area contributed by atoms with Gasteiger partial charge in [0.25, 0.3) is 0 Å². The van der Waals surface area contributed by atoms with Crippen LogP contribution in [-0.4, -0.2) is 17.5 Å². The molecule has 6 heteroatoms. The number of carbonyl (C=O) groups is 1. The average molecular weight is 320 g/mol. The molecule has 2 aromatic rings. The summed E-state index contributed by atoms with van der Waals surface area (Å²) in [6, 6.07) is 8.71. The van der Waals surface area contributed by atoms with Gasteiger partial charge in [0.1, 0.15) is 18.1 Å². The third-order valence-electron chi connectivity index (χ3n) is 3.46. The van der Waals surface area contributed by atoms with Crippen LogP contribution < -0.4 is 4.74 Å². The number of phenols is 1. The predicted octanol–water partition coefficient (Wildman–Crippen LogP) is 4.07. The molecule has 0 fully saturated rings. The summed E-state index contributed by atoms with van der Waals surface area (Å²) < 4.78 is 43.0. The van der Waals surface area contributed by atoms with Gasteiger partial charge in [0, 0.05) is 11.6 Å². The number of halogens is 3. The van der Waals surface area contributed by atoms with Crippen molar-refractivity contribution in [2.24, 2.45) is 0 Å². The monoisotopic (exact) mass is 320 g/mol. The zero-order chi connectivity index (χ0) is 16.6. The van der Waals surface area contributed by atoms with Gasteiger partial charge in [-0.15, -0.1) is 0 Å². The molecule has 0 aromatic heterocycles. The van der Waals surface area contributed by atoms with Crippen LogP contribution in [0.3, 0.4) is 0 Å². The Morgan fingerprint density at radius 1 is 1.09 bits per heavy atom. The number of Topliss-reactive ketones (excluding diaryl/α,β-unsaturated/α-hetero) is 1. The van der Waals surface area contributed by atoms with E-state index in [1.54, 1.807) is 0 Å². The molecule has 2 aromatic carbocycles. The quantitative estimate of drug-likeness (QED) is 0.806. The molecule has 0 bridgehead atoms. The van der Waals surface area contributed by atoms with E-state index in [9.17, 15) is 23.1 Å². The second-order valence-corrected chi connectivity index (χ2v) is 5.09. The molecule has 0 saturated carbocycles. The normalized spacial score (nSPS) is 16.1. The van der Waals surface area contributed by atoms with Crippen molar-refractivity contribution in [2.75, 3.05) is 6.61 Å². The molecule has 1 N–H and O–H groups in total. The predicted molar refractivity (Wildman–Crippen MR) is 77.4 cm³/mol. The van der Waals surface area contributed by atoms with Crippen molar-refractivity contribution < 1.29 is 27.8 Å². The van der Waals surface area contributed by atoms with E-state index in [1.807, 2.05) is 0 Å². The lowest BCUT2D eigenvalue weighted by Gasteiger charge is -2.19. The number of ether oxygens (including phenoxy) is 1. The van der Waals surface area contributed by atoms with E-state index in [1.165, 1.54) is 36.4 Å². The summed E-state index contributed by atoms with van der Waals surface area (Å²) in [5.41, 5.74) is 0.383. The Hall–Kier alpha value is -2.76. The molecule has 1 heterocycles. The molecule has 0 saturated heterocycles. The third kappa shape index (κ3) is 3.06. The highest BCUT2D eigenvalue weighted by atomic mass is 19.4. The molecule has 0 aliphatic carbocycles. The summed E-state index contributed by atoms with van der Waals surface area (Å²) in [4.78, 5) is 12.3. The Kier molecular flexibility index (Phi) is 3.60. The van der Waals surface area contributed by atoms with Crippen LogP contribution in [0.2, 0.25) is 0 Å². The van der Waals surface area contributed by atoms with E-state index in [0.717, 1.165) is 12.1 Å². The maximum atomic E-state index is 12.5. The average Bonchev–Trinajstić information content (AvgIpc) is 2.50. The maximum absolute atomic E-state index is 12.5. The number of alkyl halides is 3. The number of phenolic OH excluding ortho intramolecular Hbond substituents is 1. The molecule has 0 spiro atoms.